The molecule has 0 bridgehead atoms. The molecule has 4 rings (SSSR count). The number of amides is 5. The average molecular weight is 689 g/mol. The molecule has 256 valence electrons. The lowest BCUT2D eigenvalue weighted by Crippen LogP contribution is -2.55. The van der Waals surface area contributed by atoms with Gasteiger partial charge in [-0.15, -0.1) is 0 Å². The maximum absolute atomic E-state index is 14.6. The molecule has 48 heavy (non-hydrogen) atoms. The summed E-state index contributed by atoms with van der Waals surface area (Å²) in [5, 5.41) is 7.98. The van der Waals surface area contributed by atoms with Gasteiger partial charge in [-0.2, -0.15) is 13.2 Å². The van der Waals surface area contributed by atoms with Crippen LogP contribution in [0.25, 0.3) is 0 Å². The average Bonchev–Trinajstić information content (AvgIpc) is 3.25. The van der Waals surface area contributed by atoms with Gasteiger partial charge in [-0.05, 0) is 99.1 Å². The highest BCUT2D eigenvalue weighted by Gasteiger charge is 2.58. The molecule has 2 aromatic heterocycles. The first-order valence-corrected chi connectivity index (χ1v) is 15.7. The Labute approximate surface area is 279 Å². The van der Waals surface area contributed by atoms with Gasteiger partial charge in [0.25, 0.3) is 5.91 Å². The van der Waals surface area contributed by atoms with Crippen molar-refractivity contribution in [2.24, 2.45) is 0 Å². The van der Waals surface area contributed by atoms with E-state index >= 15 is 0 Å². The summed E-state index contributed by atoms with van der Waals surface area (Å²) in [6.45, 7) is 10.2. The number of benzene rings is 1. The van der Waals surface area contributed by atoms with E-state index < -0.39 is 47.0 Å². The molecule has 5 amide bonds. The predicted octanol–water partition coefficient (Wildman–Crippen LogP) is 7.40. The van der Waals surface area contributed by atoms with E-state index in [2.05, 4.69) is 25.9 Å². The molecule has 0 radical (unpaired) electrons. The number of alkyl halides is 3. The molecule has 2 atom stereocenters. The van der Waals surface area contributed by atoms with Crippen LogP contribution >= 0.6 is 11.8 Å². The number of hydrogen-bond acceptors (Lipinski definition) is 9. The molecule has 3 aromatic rings. The predicted molar refractivity (Wildman–Crippen MR) is 173 cm³/mol. The number of aromatic nitrogens is 2. The third-order valence-electron chi connectivity index (χ3n) is 7.48. The second-order valence-corrected chi connectivity index (χ2v) is 12.7. The molecule has 1 aliphatic rings. The lowest BCUT2D eigenvalue weighted by Gasteiger charge is -2.39. The molecular formula is C32H35F3N6O6S. The smallest absolute Gasteiger partial charge is 0.446 e. The number of halogens is 3. The number of carbonyl (C=O) groups excluding carboxylic acids is 4. The van der Waals surface area contributed by atoms with Gasteiger partial charge < -0.3 is 14.8 Å². The van der Waals surface area contributed by atoms with Gasteiger partial charge in [0.2, 0.25) is 0 Å². The fraction of sp³-hybridized carbons (Fsp3) is 0.375. The molecule has 0 spiro atoms. The first-order valence-electron chi connectivity index (χ1n) is 14.9. The number of pyridine rings is 2. The molecule has 16 heteroatoms. The topological polar surface area (TPSA) is 152 Å². The number of thioether (sulfide) groups is 1. The quantitative estimate of drug-likeness (QED) is 0.146. The zero-order valence-electron chi connectivity index (χ0n) is 26.9. The normalized spacial score (nSPS) is 17.6. The summed E-state index contributed by atoms with van der Waals surface area (Å²) in [5.41, 5.74) is -5.12. The Morgan fingerprint density at radius 3 is 1.69 bits per heavy atom. The monoisotopic (exact) mass is 688 g/mol. The summed E-state index contributed by atoms with van der Waals surface area (Å²) in [6, 6.07) is 10.4. The van der Waals surface area contributed by atoms with Crippen LogP contribution < -0.4 is 20.9 Å². The minimum Gasteiger partial charge on any atom is -0.447 e. The lowest BCUT2D eigenvalue weighted by atomic mass is 9.70. The second-order valence-electron chi connectivity index (χ2n) is 11.5. The largest absolute Gasteiger partial charge is 0.447 e. The van der Waals surface area contributed by atoms with E-state index in [9.17, 15) is 32.3 Å². The molecule has 3 N–H and O–H groups in total. The molecule has 0 saturated carbocycles. The summed E-state index contributed by atoms with van der Waals surface area (Å²) < 4.78 is 49.1. The highest BCUT2D eigenvalue weighted by molar-refractivity contribution is 8.00. The van der Waals surface area contributed by atoms with Gasteiger partial charge in [0.1, 0.15) is 17.2 Å². The number of urea groups is 1. The van der Waals surface area contributed by atoms with Crippen LogP contribution in [0.1, 0.15) is 64.5 Å². The van der Waals surface area contributed by atoms with Crippen molar-refractivity contribution in [1.29, 1.82) is 0 Å². The van der Waals surface area contributed by atoms with Gasteiger partial charge in [-0.3, -0.25) is 15.4 Å². The van der Waals surface area contributed by atoms with Crippen molar-refractivity contribution in [3.05, 3.63) is 72.1 Å². The van der Waals surface area contributed by atoms with Crippen molar-refractivity contribution >= 4 is 53.2 Å². The van der Waals surface area contributed by atoms with E-state index in [0.29, 0.717) is 11.1 Å². The van der Waals surface area contributed by atoms with Crippen molar-refractivity contribution in [2.45, 2.75) is 81.5 Å². The van der Waals surface area contributed by atoms with Crippen molar-refractivity contribution in [3.8, 4) is 0 Å². The Bertz CT molecular complexity index is 1600. The Balaban J connectivity index is 1.76. The van der Waals surface area contributed by atoms with Gasteiger partial charge in [-0.25, -0.2) is 29.3 Å². The zero-order valence-corrected chi connectivity index (χ0v) is 27.7. The number of imide groups is 1. The van der Waals surface area contributed by atoms with E-state index in [1.54, 1.807) is 65.8 Å². The fourth-order valence-electron chi connectivity index (χ4n) is 5.35. The Hall–Kier alpha value is -4.86. The van der Waals surface area contributed by atoms with Gasteiger partial charge in [0.05, 0.1) is 17.9 Å². The zero-order chi connectivity index (χ0) is 35.4. The van der Waals surface area contributed by atoms with Gasteiger partial charge >= 0.3 is 23.7 Å². The van der Waals surface area contributed by atoms with Crippen molar-refractivity contribution < 1.29 is 41.8 Å². The molecular weight excluding hydrogens is 653 g/mol. The van der Waals surface area contributed by atoms with E-state index in [0.717, 1.165) is 4.90 Å². The van der Waals surface area contributed by atoms with Crippen LogP contribution in [0, 0.1) is 0 Å². The first-order chi connectivity index (χ1) is 22.5. The summed E-state index contributed by atoms with van der Waals surface area (Å²) in [6.07, 6.45) is 0.617. The SMILES string of the molecule is CC(C)OC(=O)Nc1cc(C(C)C2(C(C)c3ccnc(NC(=O)OC(C)C)c3)NC(=O)N(c3ccc(SC(F)(F)F)cc3)C2=O)ccn1. The number of hydrogen-bond donors (Lipinski definition) is 3. The molecule has 1 aromatic carbocycles. The highest BCUT2D eigenvalue weighted by atomic mass is 32.2. The second kappa shape index (κ2) is 14.5. The van der Waals surface area contributed by atoms with Crippen molar-refractivity contribution in [1.82, 2.24) is 15.3 Å². The standard InChI is InChI=1S/C32H35F3N6O6S/c1-17(2)46-29(44)38-25-15-21(11-13-36-25)19(5)31(20(6)22-12-14-37-26(16-22)39-30(45)47-18(3)4)27(42)41(28(43)40-31)23-7-9-24(10-8-23)48-32(33,34)35/h7-20H,1-6H3,(H,40,43)(H,36,38,44)(H,37,39,45). The number of nitrogens with zero attached hydrogens (tertiary/aromatic N) is 3. The summed E-state index contributed by atoms with van der Waals surface area (Å²) in [4.78, 5) is 61.9. The summed E-state index contributed by atoms with van der Waals surface area (Å²) >= 11 is -0.319. The number of nitrogens with one attached hydrogen (secondary N) is 3. The maximum Gasteiger partial charge on any atom is 0.446 e. The third kappa shape index (κ3) is 8.34. The third-order valence-corrected chi connectivity index (χ3v) is 8.22. The Morgan fingerprint density at radius 1 is 0.812 bits per heavy atom. The molecule has 0 aliphatic carbocycles. The van der Waals surface area contributed by atoms with Crippen LogP contribution in [0.2, 0.25) is 0 Å². The van der Waals surface area contributed by atoms with Crippen LogP contribution in [0.4, 0.5) is 44.9 Å². The Kier molecular flexibility index (Phi) is 10.9. The van der Waals surface area contributed by atoms with Crippen LogP contribution in [-0.4, -0.2) is 57.3 Å². The van der Waals surface area contributed by atoms with E-state index in [1.165, 1.54) is 36.7 Å². The van der Waals surface area contributed by atoms with Crippen LogP contribution in [0.15, 0.2) is 65.8 Å². The summed E-state index contributed by atoms with van der Waals surface area (Å²) in [7, 11) is 0. The number of anilines is 3. The van der Waals surface area contributed by atoms with Crippen LogP contribution in [0.3, 0.4) is 0 Å². The molecule has 1 fully saturated rings. The minimum atomic E-state index is -4.52. The minimum absolute atomic E-state index is 0.0623. The van der Waals surface area contributed by atoms with Crippen molar-refractivity contribution in [3.63, 3.8) is 0 Å². The van der Waals surface area contributed by atoms with E-state index in [-0.39, 0.29) is 46.2 Å². The number of ether oxygens (including phenoxy) is 2. The molecule has 12 nitrogen and oxygen atoms in total. The van der Waals surface area contributed by atoms with Gasteiger partial charge in [-0.1, -0.05) is 13.8 Å². The summed E-state index contributed by atoms with van der Waals surface area (Å²) in [5.74, 6) is -1.97. The molecule has 1 saturated heterocycles. The molecule has 3 heterocycles. The highest BCUT2D eigenvalue weighted by Crippen LogP contribution is 2.46. The lowest BCUT2D eigenvalue weighted by molar-refractivity contribution is -0.123. The van der Waals surface area contributed by atoms with Gasteiger partial charge in [0.15, 0.2) is 0 Å². The van der Waals surface area contributed by atoms with E-state index in [1.807, 2.05) is 0 Å². The first kappa shape index (κ1) is 36.0. The maximum atomic E-state index is 14.6. The fourth-order valence-corrected chi connectivity index (χ4v) is 5.89. The number of carbonyl (C=O) groups is 4. The van der Waals surface area contributed by atoms with Crippen LogP contribution in [0.5, 0.6) is 0 Å². The van der Waals surface area contributed by atoms with Gasteiger partial charge in [0, 0.05) is 29.1 Å². The van der Waals surface area contributed by atoms with Crippen LogP contribution in [-0.2, 0) is 14.3 Å². The van der Waals surface area contributed by atoms with E-state index in [4.69, 9.17) is 9.47 Å². The molecule has 2 unspecified atom stereocenters. The number of rotatable bonds is 10. The molecule has 1 aliphatic heterocycles. The van der Waals surface area contributed by atoms with Crippen molar-refractivity contribution in [2.75, 3.05) is 15.5 Å². The Morgan fingerprint density at radius 2 is 1.27 bits per heavy atom.